The van der Waals surface area contributed by atoms with Crippen molar-refractivity contribution < 1.29 is 5.11 Å². The zero-order valence-electron chi connectivity index (χ0n) is 12.9. The number of aliphatic hydroxyl groups is 1. The fraction of sp³-hybridized carbons (Fsp3) is 0.368. The SMILES string of the molecule is CC(C)(C)C1=CC(CS)=C(O)C(C#Cc2ccccc2)C1. The van der Waals surface area contributed by atoms with Gasteiger partial charge in [-0.05, 0) is 24.0 Å². The molecule has 1 aliphatic carbocycles. The molecule has 0 spiro atoms. The Hall–Kier alpha value is -1.59. The number of benzene rings is 1. The highest BCUT2D eigenvalue weighted by molar-refractivity contribution is 7.80. The van der Waals surface area contributed by atoms with E-state index in [1.807, 2.05) is 30.3 Å². The van der Waals surface area contributed by atoms with Crippen molar-refractivity contribution in [2.45, 2.75) is 27.2 Å². The predicted molar refractivity (Wildman–Crippen MR) is 92.5 cm³/mol. The lowest BCUT2D eigenvalue weighted by Crippen LogP contribution is -2.19. The van der Waals surface area contributed by atoms with Crippen LogP contribution in [0.15, 0.2) is 53.3 Å². The van der Waals surface area contributed by atoms with Crippen LogP contribution in [0.5, 0.6) is 0 Å². The molecule has 0 bridgehead atoms. The number of allylic oxidation sites excluding steroid dienone is 3. The van der Waals surface area contributed by atoms with E-state index in [1.54, 1.807) is 0 Å². The third-order valence-corrected chi connectivity index (χ3v) is 4.07. The van der Waals surface area contributed by atoms with Crippen molar-refractivity contribution in [3.05, 3.63) is 58.9 Å². The maximum atomic E-state index is 10.4. The van der Waals surface area contributed by atoms with Gasteiger partial charge in [-0.3, -0.25) is 0 Å². The topological polar surface area (TPSA) is 20.2 Å². The Labute approximate surface area is 133 Å². The Balaban J connectivity index is 2.31. The summed E-state index contributed by atoms with van der Waals surface area (Å²) in [5.41, 5.74) is 3.27. The standard InChI is InChI=1S/C19H22OS/c1-19(2,3)17-11-15(18(20)16(12-17)13-21)10-9-14-7-5-4-6-8-14/h4-8,12,15,20-21H,11,13H2,1-3H3. The molecule has 1 nitrogen and oxygen atoms in total. The summed E-state index contributed by atoms with van der Waals surface area (Å²) in [6.07, 6.45) is 2.87. The highest BCUT2D eigenvalue weighted by atomic mass is 32.1. The molecule has 0 amide bonds. The predicted octanol–water partition coefficient (Wildman–Crippen LogP) is 4.77. The molecule has 1 aliphatic rings. The second kappa shape index (κ2) is 6.45. The van der Waals surface area contributed by atoms with E-state index in [9.17, 15) is 5.11 Å². The number of hydrogen-bond donors (Lipinski definition) is 2. The lowest BCUT2D eigenvalue weighted by Gasteiger charge is -2.29. The highest BCUT2D eigenvalue weighted by Gasteiger charge is 2.27. The van der Waals surface area contributed by atoms with E-state index < -0.39 is 0 Å². The summed E-state index contributed by atoms with van der Waals surface area (Å²) in [6, 6.07) is 9.89. The van der Waals surface area contributed by atoms with Gasteiger partial charge in [-0.15, -0.1) is 0 Å². The van der Waals surface area contributed by atoms with Crippen molar-refractivity contribution in [2.75, 3.05) is 5.75 Å². The van der Waals surface area contributed by atoms with Crippen molar-refractivity contribution >= 4 is 12.6 Å². The average Bonchev–Trinajstić information content (AvgIpc) is 2.46. The van der Waals surface area contributed by atoms with Crippen LogP contribution in [0, 0.1) is 23.2 Å². The summed E-state index contributed by atoms with van der Waals surface area (Å²) < 4.78 is 0. The van der Waals surface area contributed by atoms with Gasteiger partial charge in [0.05, 0.1) is 5.92 Å². The molecule has 110 valence electrons. The Morgan fingerprint density at radius 2 is 1.90 bits per heavy atom. The summed E-state index contributed by atoms with van der Waals surface area (Å²) in [7, 11) is 0. The van der Waals surface area contributed by atoms with Crippen LogP contribution >= 0.6 is 12.6 Å². The molecule has 0 radical (unpaired) electrons. The first-order valence-corrected chi connectivity index (χ1v) is 7.85. The number of rotatable bonds is 1. The molecule has 0 saturated carbocycles. The van der Waals surface area contributed by atoms with E-state index in [-0.39, 0.29) is 11.3 Å². The quantitative estimate of drug-likeness (QED) is 0.565. The van der Waals surface area contributed by atoms with Crippen molar-refractivity contribution in [3.63, 3.8) is 0 Å². The van der Waals surface area contributed by atoms with Gasteiger partial charge in [-0.25, -0.2) is 0 Å². The Bertz CT molecular complexity index is 621. The van der Waals surface area contributed by atoms with E-state index in [1.165, 1.54) is 5.57 Å². The molecular weight excluding hydrogens is 276 g/mol. The smallest absolute Gasteiger partial charge is 0.112 e. The van der Waals surface area contributed by atoms with Crippen molar-refractivity contribution in [3.8, 4) is 11.8 Å². The molecule has 0 aromatic heterocycles. The number of aliphatic hydroxyl groups excluding tert-OH is 1. The second-order valence-electron chi connectivity index (χ2n) is 6.38. The van der Waals surface area contributed by atoms with Crippen LogP contribution in [-0.4, -0.2) is 10.9 Å². The fourth-order valence-electron chi connectivity index (χ4n) is 2.34. The van der Waals surface area contributed by atoms with E-state index in [0.717, 1.165) is 17.6 Å². The number of thiol groups is 1. The number of hydrogen-bond acceptors (Lipinski definition) is 2. The first-order valence-electron chi connectivity index (χ1n) is 7.22. The Kier molecular flexibility index (Phi) is 4.85. The van der Waals surface area contributed by atoms with Gasteiger partial charge < -0.3 is 5.11 Å². The van der Waals surface area contributed by atoms with Crippen molar-refractivity contribution in [2.24, 2.45) is 11.3 Å². The van der Waals surface area contributed by atoms with Crippen LogP contribution in [0.2, 0.25) is 0 Å². The molecule has 21 heavy (non-hydrogen) atoms. The van der Waals surface area contributed by atoms with E-state index in [4.69, 9.17) is 0 Å². The summed E-state index contributed by atoms with van der Waals surface area (Å²) in [5.74, 6) is 7.17. The summed E-state index contributed by atoms with van der Waals surface area (Å²) in [5, 5.41) is 10.4. The van der Waals surface area contributed by atoms with Crippen molar-refractivity contribution in [1.29, 1.82) is 0 Å². The third kappa shape index (κ3) is 3.95. The molecule has 1 N–H and O–H groups in total. The van der Waals surface area contributed by atoms with Crippen LogP contribution in [0.1, 0.15) is 32.8 Å². The van der Waals surface area contributed by atoms with Gasteiger partial charge in [-0.1, -0.05) is 62.5 Å². The van der Waals surface area contributed by atoms with Crippen LogP contribution < -0.4 is 0 Å². The summed E-state index contributed by atoms with van der Waals surface area (Å²) >= 11 is 4.33. The van der Waals surface area contributed by atoms with Gasteiger partial charge in [0.15, 0.2) is 0 Å². The fourth-order valence-corrected chi connectivity index (χ4v) is 2.60. The van der Waals surface area contributed by atoms with E-state index >= 15 is 0 Å². The molecule has 0 fully saturated rings. The van der Waals surface area contributed by atoms with Crippen LogP contribution in [-0.2, 0) is 0 Å². The van der Waals surface area contributed by atoms with Gasteiger partial charge in [-0.2, -0.15) is 12.6 Å². The molecule has 0 heterocycles. The molecule has 1 aromatic rings. The lowest BCUT2D eigenvalue weighted by atomic mass is 9.76. The van der Waals surface area contributed by atoms with E-state index in [2.05, 4.69) is 51.3 Å². The molecule has 1 unspecified atom stereocenters. The summed E-state index contributed by atoms with van der Waals surface area (Å²) in [6.45, 7) is 6.58. The Morgan fingerprint density at radius 3 is 2.48 bits per heavy atom. The molecule has 1 atom stereocenters. The maximum Gasteiger partial charge on any atom is 0.112 e. The van der Waals surface area contributed by atoms with Gasteiger partial charge in [0.25, 0.3) is 0 Å². The molecule has 1 aromatic carbocycles. The van der Waals surface area contributed by atoms with Crippen molar-refractivity contribution in [1.82, 2.24) is 0 Å². The first kappa shape index (κ1) is 15.8. The van der Waals surface area contributed by atoms with Crippen LogP contribution in [0.25, 0.3) is 0 Å². The zero-order valence-corrected chi connectivity index (χ0v) is 13.7. The zero-order chi connectivity index (χ0) is 15.5. The van der Waals surface area contributed by atoms with E-state index in [0.29, 0.717) is 11.5 Å². The molecule has 2 heteroatoms. The largest absolute Gasteiger partial charge is 0.511 e. The van der Waals surface area contributed by atoms with Crippen LogP contribution in [0.3, 0.4) is 0 Å². The van der Waals surface area contributed by atoms with Gasteiger partial charge in [0, 0.05) is 16.9 Å². The molecular formula is C19H22OS. The monoisotopic (exact) mass is 298 g/mol. The Morgan fingerprint density at radius 1 is 1.24 bits per heavy atom. The highest BCUT2D eigenvalue weighted by Crippen LogP contribution is 2.37. The minimum absolute atomic E-state index is 0.0849. The van der Waals surface area contributed by atoms with Gasteiger partial charge in [0.1, 0.15) is 5.76 Å². The maximum absolute atomic E-state index is 10.4. The second-order valence-corrected chi connectivity index (χ2v) is 6.70. The first-order chi connectivity index (χ1) is 9.91. The third-order valence-electron chi connectivity index (χ3n) is 3.73. The molecule has 0 saturated heterocycles. The molecule has 2 rings (SSSR count). The normalized spacial score (nSPS) is 18.9. The minimum Gasteiger partial charge on any atom is -0.511 e. The molecule has 0 aliphatic heterocycles. The van der Waals surface area contributed by atoms with Gasteiger partial charge >= 0.3 is 0 Å². The minimum atomic E-state index is -0.133. The van der Waals surface area contributed by atoms with Gasteiger partial charge in [0.2, 0.25) is 0 Å². The van der Waals surface area contributed by atoms with Crippen LogP contribution in [0.4, 0.5) is 0 Å². The average molecular weight is 298 g/mol. The lowest BCUT2D eigenvalue weighted by molar-refractivity contribution is 0.338. The summed E-state index contributed by atoms with van der Waals surface area (Å²) in [4.78, 5) is 0.